The molecule has 127 heavy (non-hydrogen) atoms. The molecule has 4 aliphatic heterocycles. The van der Waals surface area contributed by atoms with Gasteiger partial charge in [-0.15, -0.1) is 5.10 Å². The Morgan fingerprint density at radius 2 is 1.47 bits per heavy atom. The lowest BCUT2D eigenvalue weighted by atomic mass is 9.78. The first-order chi connectivity index (χ1) is 61.3. The van der Waals surface area contributed by atoms with Gasteiger partial charge in [0.05, 0.1) is 134 Å². The first-order valence-corrected chi connectivity index (χ1v) is 45.3. The third-order valence-electron chi connectivity index (χ3n) is 25.2. The maximum Gasteiger partial charge on any atom is 0.329 e. The number of allylic oxidation sites excluding steroid dienone is 6. The molecule has 0 spiro atoms. The predicted octanol–water partition coefficient (Wildman–Crippen LogP) is 10.1. The van der Waals surface area contributed by atoms with E-state index in [1.165, 1.54) is 23.9 Å². The number of ketones is 3. The molecule has 3 fully saturated rings. The van der Waals surface area contributed by atoms with Crippen LogP contribution in [-0.2, 0) is 118 Å². The van der Waals surface area contributed by atoms with Crippen molar-refractivity contribution in [3.63, 3.8) is 0 Å². The molecule has 2 saturated heterocycles. The van der Waals surface area contributed by atoms with Crippen molar-refractivity contribution in [1.29, 1.82) is 0 Å². The average Bonchev–Trinajstić information content (AvgIpc) is 1.75. The number of aliphatic hydroxyl groups is 2. The number of hydrogen-bond donors (Lipinski definition) is 4. The monoisotopic (exact) mass is 1770 g/mol. The molecule has 6 aromatic rings. The van der Waals surface area contributed by atoms with E-state index in [4.69, 9.17) is 77.8 Å². The van der Waals surface area contributed by atoms with Crippen molar-refractivity contribution < 1.29 is 100 Å². The number of oxazole rings is 1. The molecule has 1 saturated carbocycles. The fraction of sp³-hybridized carbons (Fsp3) is 0.638. The molecular weight excluding hydrogens is 1630 g/mol. The van der Waals surface area contributed by atoms with E-state index in [0.29, 0.717) is 203 Å². The maximum atomic E-state index is 14.8. The summed E-state index contributed by atoms with van der Waals surface area (Å²) in [6.45, 7) is 20.4. The van der Waals surface area contributed by atoms with Crippen molar-refractivity contribution in [3.05, 3.63) is 119 Å². The van der Waals surface area contributed by atoms with E-state index in [9.17, 15) is 39.0 Å². The maximum absolute atomic E-state index is 14.8. The number of unbranched alkanes of at least 4 members (excludes halogenated alkanes) is 1. The van der Waals surface area contributed by atoms with E-state index < -0.39 is 77.8 Å². The number of benzene rings is 2. The van der Waals surface area contributed by atoms with Gasteiger partial charge in [0.25, 0.3) is 17.7 Å². The molecular formula is C94H134N12O21. The summed E-state index contributed by atoms with van der Waals surface area (Å²) in [4.78, 5) is 102. The van der Waals surface area contributed by atoms with E-state index in [1.54, 1.807) is 51.8 Å². The largest absolute Gasteiger partial charge is 0.460 e. The number of esters is 1. The van der Waals surface area contributed by atoms with E-state index >= 15 is 0 Å². The third-order valence-corrected chi connectivity index (χ3v) is 25.2. The molecule has 696 valence electrons. The average molecular weight is 1770 g/mol. The van der Waals surface area contributed by atoms with Gasteiger partial charge in [-0.3, -0.25) is 24.0 Å². The zero-order valence-electron chi connectivity index (χ0n) is 75.7. The lowest BCUT2D eigenvalue weighted by Crippen LogP contribution is -2.61. The smallest absolute Gasteiger partial charge is 0.329 e. The number of aryl methyl sites for hydroxylation is 1. The first-order valence-electron chi connectivity index (χ1n) is 45.3. The van der Waals surface area contributed by atoms with Gasteiger partial charge in [-0.25, -0.2) is 24.1 Å². The topological polar surface area (TPSA) is 412 Å². The Hall–Kier alpha value is -8.94. The number of carbonyl (C=O) groups excluding carboxylic acids is 6. The molecule has 6 N–H and O–H groups in total. The minimum Gasteiger partial charge on any atom is -0.460 e. The van der Waals surface area contributed by atoms with Crippen LogP contribution in [-0.4, -0.2) is 270 Å². The number of fused-ring (bicyclic) bond motifs is 6. The highest BCUT2D eigenvalue weighted by molar-refractivity contribution is 6.39. The molecule has 33 nitrogen and oxygen atoms in total. The van der Waals surface area contributed by atoms with Gasteiger partial charge in [0, 0.05) is 89.9 Å². The summed E-state index contributed by atoms with van der Waals surface area (Å²) in [5.41, 5.74) is 20.9. The van der Waals surface area contributed by atoms with Gasteiger partial charge in [-0.1, -0.05) is 94.5 Å². The zero-order chi connectivity index (χ0) is 90.5. The SMILES string of the molecule is CO[C@H]1C[C@@H]2CC[C@@H](C)[C@@](O)(O2)C(=O)C(=O)N2CCCC[C@H]2C(=O)O[C@H]([C@H](C)C[C@@H]2CC[C@@H](OCCCCc3cn(CCOCCOCCOCCOCCOCCOCCC(=O)N4CCc5cc(Cn6nc(-c7ccc8oc(N)nc8c7)c7c(N)ncnc76)ccc5C4)nn3)[C@H](OC)C2)CC(=O)[C@H](C)/C=C(\C)[C@@H](O)[C@@H](OC)C(=O)[C@H](C)C[C@H](C)/C=C/C=C/C=C/1C. The van der Waals surface area contributed by atoms with Crippen molar-refractivity contribution >= 4 is 69.1 Å². The number of cyclic esters (lactones) is 1. The highest BCUT2D eigenvalue weighted by Crippen LogP contribution is 2.40. The summed E-state index contributed by atoms with van der Waals surface area (Å²) in [6.07, 6.45) is 18.6. The fourth-order valence-electron chi connectivity index (χ4n) is 17.7. The lowest BCUT2D eigenvalue weighted by Gasteiger charge is -2.42. The molecule has 2 aromatic carbocycles. The molecule has 4 aromatic heterocycles. The summed E-state index contributed by atoms with van der Waals surface area (Å²) < 4.78 is 80.1. The predicted molar refractivity (Wildman–Crippen MR) is 473 cm³/mol. The van der Waals surface area contributed by atoms with Crippen LogP contribution in [0.5, 0.6) is 0 Å². The number of aromatic nitrogens is 8. The summed E-state index contributed by atoms with van der Waals surface area (Å²) in [5, 5.41) is 38.1. The molecule has 0 unspecified atom stereocenters. The molecule has 0 radical (unpaired) electrons. The number of anilines is 2. The number of methoxy groups -OCH3 is 3. The van der Waals surface area contributed by atoms with E-state index in [2.05, 4.69) is 43.5 Å². The number of rotatable bonds is 36. The Morgan fingerprint density at radius 1 is 0.740 bits per heavy atom. The highest BCUT2D eigenvalue weighted by atomic mass is 16.6. The quantitative estimate of drug-likeness (QED) is 0.0123. The molecule has 2 amide bonds. The third kappa shape index (κ3) is 27.8. The number of piperidine rings is 1. The van der Waals surface area contributed by atoms with Crippen molar-refractivity contribution in [2.75, 3.05) is 132 Å². The van der Waals surface area contributed by atoms with E-state index in [1.807, 2.05) is 86.0 Å². The lowest BCUT2D eigenvalue weighted by molar-refractivity contribution is -0.265. The zero-order valence-corrected chi connectivity index (χ0v) is 75.7. The van der Waals surface area contributed by atoms with Crippen LogP contribution in [0, 0.1) is 35.5 Å². The number of aliphatic hydroxyl groups excluding tert-OH is 1. The minimum absolute atomic E-state index is 0.00529. The van der Waals surface area contributed by atoms with Crippen LogP contribution in [0.1, 0.15) is 167 Å². The second-order valence-corrected chi connectivity index (χ2v) is 34.7. The van der Waals surface area contributed by atoms with Crippen LogP contribution in [0.4, 0.5) is 11.8 Å². The summed E-state index contributed by atoms with van der Waals surface area (Å²) in [5.74, 6) is -7.81. The molecule has 33 heteroatoms. The summed E-state index contributed by atoms with van der Waals surface area (Å²) in [7, 11) is 4.65. The van der Waals surface area contributed by atoms with Crippen molar-refractivity contribution in [3.8, 4) is 11.3 Å². The number of hydrogen-bond acceptors (Lipinski definition) is 29. The number of nitrogens with zero attached hydrogens (tertiary/aromatic N) is 10. The summed E-state index contributed by atoms with van der Waals surface area (Å²) in [6, 6.07) is 10.8. The Morgan fingerprint density at radius 3 is 2.20 bits per heavy atom. The normalized spacial score (nSPS) is 27.1. The van der Waals surface area contributed by atoms with Gasteiger partial charge in [0.15, 0.2) is 17.0 Å². The fourth-order valence-corrected chi connectivity index (χ4v) is 17.7. The number of ether oxygens (including phenoxy) is 12. The number of nitrogens with two attached hydrogens (primary N) is 2. The Balaban J connectivity index is 0.533. The van der Waals surface area contributed by atoms with Crippen LogP contribution in [0.25, 0.3) is 33.4 Å². The number of Topliss-reactive ketones (excluding diaryl/α,β-unsaturated/α-hetero) is 3. The van der Waals surface area contributed by atoms with E-state index in [0.717, 1.165) is 66.5 Å². The van der Waals surface area contributed by atoms with Crippen molar-refractivity contribution in [1.82, 2.24) is 49.5 Å². The van der Waals surface area contributed by atoms with Crippen LogP contribution in [0.3, 0.4) is 0 Å². The Kier molecular flexibility index (Phi) is 38.2. The van der Waals surface area contributed by atoms with Gasteiger partial charge in [0.2, 0.25) is 11.7 Å². The standard InChI is InChI=1S/C94H134N12O21/c1-60-18-12-11-13-19-61(2)79(115-8)54-73-27-22-66(7)94(114,127-73)88(111)91(112)105-32-16-14-21-75(105)92(113)125-80(55-76(107)62(3)49-65(6)86(110)87(117-10)85(109)64(5)48-60)63(4)50-67-24-28-78(81(52-67)116-9)124-35-17-15-20-72-58-104(102-100-72)34-37-119-39-41-121-43-45-123-47-46-122-44-42-120-40-38-118-36-31-82(108)103-33-30-69-51-68(23-25-71(69)57-103)56-106-90-83(89(95)97-59-98-90)84(101-106)70-26-29-77-74(53-70)99-93(96)126-77/h11-13,18-19,23,25-26,29,49,51,53,58-60,62-64,66-67,73,75,78-81,86-87,110,114H,14-17,20-22,24,27-28,30-48,50,52,54-57H2,1-10H3,(H2,96,99)(H2,95,97,98)/b13-11+,18-12+,61-19+,65-49+/t60-,62-,63-,64-,66-,67+,73+,75+,78-,79+,80+,81-,86-,87+,94-/m1/s1. The Bertz CT molecular complexity index is 4700. The molecule has 5 aliphatic rings. The van der Waals surface area contributed by atoms with Gasteiger partial charge in [0.1, 0.15) is 53.5 Å². The molecule has 8 heterocycles. The van der Waals surface area contributed by atoms with Crippen LogP contribution < -0.4 is 11.5 Å². The number of amides is 2. The van der Waals surface area contributed by atoms with E-state index in [-0.39, 0.29) is 79.3 Å². The Labute approximate surface area is 744 Å². The molecule has 15 atom stereocenters. The minimum atomic E-state index is -2.46. The number of carbonyl (C=O) groups is 6. The van der Waals surface area contributed by atoms with Gasteiger partial charge in [-0.05, 0) is 168 Å². The summed E-state index contributed by atoms with van der Waals surface area (Å²) >= 11 is 0. The van der Waals surface area contributed by atoms with Crippen molar-refractivity contribution in [2.24, 2.45) is 35.5 Å². The molecule has 11 rings (SSSR count). The van der Waals surface area contributed by atoms with Crippen LogP contribution in [0.15, 0.2) is 101 Å². The van der Waals surface area contributed by atoms with Crippen molar-refractivity contribution in [2.45, 2.75) is 232 Å². The highest BCUT2D eigenvalue weighted by Gasteiger charge is 2.53. The van der Waals surface area contributed by atoms with Gasteiger partial charge < -0.3 is 92.7 Å². The second-order valence-electron chi connectivity index (χ2n) is 34.7. The molecule has 1 aliphatic carbocycles. The van der Waals surface area contributed by atoms with Gasteiger partial charge >= 0.3 is 5.97 Å². The van der Waals surface area contributed by atoms with Gasteiger partial charge in [-0.2, -0.15) is 10.1 Å². The van der Waals surface area contributed by atoms with Crippen LogP contribution >= 0.6 is 0 Å². The number of nitrogen functional groups attached to an aromatic ring is 2. The second kappa shape index (κ2) is 49.2. The van der Waals surface area contributed by atoms with Crippen LogP contribution in [0.2, 0.25) is 0 Å². The molecule has 2 bridgehead atoms. The first kappa shape index (κ1) is 98.6.